The maximum atomic E-state index is 5.68. The van der Waals surface area contributed by atoms with E-state index in [1.54, 1.807) is 6.20 Å². The van der Waals surface area contributed by atoms with E-state index in [1.165, 1.54) is 0 Å². The van der Waals surface area contributed by atoms with Crippen molar-refractivity contribution in [1.29, 1.82) is 0 Å². The van der Waals surface area contributed by atoms with Crippen molar-refractivity contribution in [3.05, 3.63) is 18.5 Å². The van der Waals surface area contributed by atoms with Gasteiger partial charge in [-0.3, -0.25) is 4.68 Å². The summed E-state index contributed by atoms with van der Waals surface area (Å²) in [6.07, 6.45) is 3.77. The molecule has 2 N–H and O–H groups in total. The Labute approximate surface area is 79.3 Å². The van der Waals surface area contributed by atoms with Gasteiger partial charge in [0.2, 0.25) is 0 Å². The minimum absolute atomic E-state index is 0.239. The molecule has 0 saturated carbocycles. The lowest BCUT2D eigenvalue weighted by atomic mass is 10.3. The standard InChI is InChI=1S/C9H18N4/c1-9(10)8-12(2)6-7-13-5-3-4-11-13/h3-5,9H,6-8,10H2,1-2H3. The molecule has 1 heterocycles. The zero-order valence-corrected chi connectivity index (χ0v) is 8.35. The minimum Gasteiger partial charge on any atom is -0.327 e. The number of nitrogens with two attached hydrogens (primary N) is 1. The third-order valence-electron chi connectivity index (χ3n) is 1.87. The summed E-state index contributed by atoms with van der Waals surface area (Å²) in [6.45, 7) is 4.87. The third kappa shape index (κ3) is 4.05. The molecule has 0 spiro atoms. The van der Waals surface area contributed by atoms with Gasteiger partial charge in [0.15, 0.2) is 0 Å². The quantitative estimate of drug-likeness (QED) is 0.705. The van der Waals surface area contributed by atoms with Crippen molar-refractivity contribution in [3.63, 3.8) is 0 Å². The molecule has 1 aromatic rings. The van der Waals surface area contributed by atoms with Crippen molar-refractivity contribution in [1.82, 2.24) is 14.7 Å². The van der Waals surface area contributed by atoms with Crippen LogP contribution in [-0.2, 0) is 6.54 Å². The van der Waals surface area contributed by atoms with Gasteiger partial charge >= 0.3 is 0 Å². The van der Waals surface area contributed by atoms with Crippen molar-refractivity contribution < 1.29 is 0 Å². The summed E-state index contributed by atoms with van der Waals surface area (Å²) >= 11 is 0. The van der Waals surface area contributed by atoms with Crippen molar-refractivity contribution in [3.8, 4) is 0 Å². The van der Waals surface area contributed by atoms with Gasteiger partial charge in [-0.15, -0.1) is 0 Å². The first-order valence-electron chi connectivity index (χ1n) is 4.60. The van der Waals surface area contributed by atoms with Gasteiger partial charge < -0.3 is 10.6 Å². The average Bonchev–Trinajstić information content (AvgIpc) is 2.51. The summed E-state index contributed by atoms with van der Waals surface area (Å²) in [7, 11) is 2.08. The summed E-state index contributed by atoms with van der Waals surface area (Å²) in [6, 6.07) is 2.17. The van der Waals surface area contributed by atoms with Gasteiger partial charge in [-0.25, -0.2) is 0 Å². The van der Waals surface area contributed by atoms with Gasteiger partial charge in [0.25, 0.3) is 0 Å². The van der Waals surface area contributed by atoms with Crippen LogP contribution in [0.2, 0.25) is 0 Å². The number of hydrogen-bond acceptors (Lipinski definition) is 3. The molecule has 0 bridgehead atoms. The zero-order chi connectivity index (χ0) is 9.68. The second-order valence-corrected chi connectivity index (χ2v) is 3.51. The van der Waals surface area contributed by atoms with E-state index in [0.717, 1.165) is 19.6 Å². The Morgan fingerprint density at radius 1 is 1.62 bits per heavy atom. The van der Waals surface area contributed by atoms with E-state index >= 15 is 0 Å². The van der Waals surface area contributed by atoms with Crippen molar-refractivity contribution in [2.24, 2.45) is 5.73 Å². The van der Waals surface area contributed by atoms with Gasteiger partial charge in [0.1, 0.15) is 0 Å². The number of hydrogen-bond donors (Lipinski definition) is 1. The highest BCUT2D eigenvalue weighted by molar-refractivity contribution is 4.77. The number of rotatable bonds is 5. The summed E-state index contributed by atoms with van der Waals surface area (Å²) in [4.78, 5) is 2.21. The summed E-state index contributed by atoms with van der Waals surface area (Å²) in [5.74, 6) is 0. The first kappa shape index (κ1) is 10.2. The first-order valence-corrected chi connectivity index (χ1v) is 4.60. The van der Waals surface area contributed by atoms with E-state index in [0.29, 0.717) is 0 Å². The van der Waals surface area contributed by atoms with Crippen LogP contribution < -0.4 is 5.73 Å². The van der Waals surface area contributed by atoms with Gasteiger partial charge in [-0.05, 0) is 20.0 Å². The second-order valence-electron chi connectivity index (χ2n) is 3.51. The Balaban J connectivity index is 2.19. The zero-order valence-electron chi connectivity index (χ0n) is 8.35. The fourth-order valence-electron chi connectivity index (χ4n) is 1.29. The molecule has 1 unspecified atom stereocenters. The van der Waals surface area contributed by atoms with Gasteiger partial charge in [-0.1, -0.05) is 0 Å². The van der Waals surface area contributed by atoms with E-state index in [1.807, 2.05) is 23.9 Å². The molecule has 0 aliphatic carbocycles. The number of nitrogens with zero attached hydrogens (tertiary/aromatic N) is 3. The summed E-state index contributed by atoms with van der Waals surface area (Å²) in [5.41, 5.74) is 5.68. The van der Waals surface area contributed by atoms with E-state index in [-0.39, 0.29) is 6.04 Å². The highest BCUT2D eigenvalue weighted by Gasteiger charge is 2.01. The Bertz CT molecular complexity index is 218. The van der Waals surface area contributed by atoms with Crippen LogP contribution >= 0.6 is 0 Å². The molecule has 0 fully saturated rings. The molecule has 0 aliphatic rings. The maximum Gasteiger partial charge on any atom is 0.0536 e. The van der Waals surface area contributed by atoms with Crippen LogP contribution in [0.25, 0.3) is 0 Å². The van der Waals surface area contributed by atoms with Crippen LogP contribution in [-0.4, -0.2) is 40.9 Å². The molecule has 4 nitrogen and oxygen atoms in total. The molecule has 74 valence electrons. The molecular weight excluding hydrogens is 164 g/mol. The lowest BCUT2D eigenvalue weighted by Crippen LogP contribution is -2.34. The molecule has 0 radical (unpaired) electrons. The van der Waals surface area contributed by atoms with Crippen LogP contribution in [0.4, 0.5) is 0 Å². The normalized spacial score (nSPS) is 13.5. The fourth-order valence-corrected chi connectivity index (χ4v) is 1.29. The van der Waals surface area contributed by atoms with Crippen LogP contribution in [0.15, 0.2) is 18.5 Å². The second kappa shape index (κ2) is 4.99. The highest BCUT2D eigenvalue weighted by atomic mass is 15.3. The maximum absolute atomic E-state index is 5.68. The third-order valence-corrected chi connectivity index (χ3v) is 1.87. The lowest BCUT2D eigenvalue weighted by Gasteiger charge is -2.18. The average molecular weight is 182 g/mol. The Kier molecular flexibility index (Phi) is 3.92. The molecular formula is C9H18N4. The molecule has 0 aliphatic heterocycles. The lowest BCUT2D eigenvalue weighted by molar-refractivity contribution is 0.298. The van der Waals surface area contributed by atoms with Crippen LogP contribution in [0.1, 0.15) is 6.92 Å². The van der Waals surface area contributed by atoms with Crippen LogP contribution in [0.3, 0.4) is 0 Å². The first-order chi connectivity index (χ1) is 6.18. The van der Waals surface area contributed by atoms with Crippen molar-refractivity contribution >= 4 is 0 Å². The number of aromatic nitrogens is 2. The van der Waals surface area contributed by atoms with Gasteiger partial charge in [0, 0.05) is 31.5 Å². The monoisotopic (exact) mass is 182 g/mol. The van der Waals surface area contributed by atoms with Gasteiger partial charge in [-0.2, -0.15) is 5.10 Å². The fraction of sp³-hybridized carbons (Fsp3) is 0.667. The molecule has 0 aromatic carbocycles. The minimum atomic E-state index is 0.239. The van der Waals surface area contributed by atoms with E-state index < -0.39 is 0 Å². The molecule has 0 amide bonds. The van der Waals surface area contributed by atoms with Crippen molar-refractivity contribution in [2.45, 2.75) is 19.5 Å². The van der Waals surface area contributed by atoms with Gasteiger partial charge in [0.05, 0.1) is 6.54 Å². The predicted octanol–water partition coefficient (Wildman–Crippen LogP) is 0.162. The molecule has 1 rings (SSSR count). The summed E-state index contributed by atoms with van der Waals surface area (Å²) in [5, 5.41) is 4.13. The summed E-state index contributed by atoms with van der Waals surface area (Å²) < 4.78 is 1.93. The SMILES string of the molecule is CC(N)CN(C)CCn1cccn1. The Morgan fingerprint density at radius 2 is 2.38 bits per heavy atom. The Morgan fingerprint density at radius 3 is 2.92 bits per heavy atom. The molecule has 4 heteroatoms. The predicted molar refractivity (Wildman–Crippen MR) is 53.4 cm³/mol. The largest absolute Gasteiger partial charge is 0.327 e. The molecule has 0 saturated heterocycles. The number of likely N-dealkylation sites (N-methyl/N-ethyl adjacent to an activating group) is 1. The van der Waals surface area contributed by atoms with E-state index in [4.69, 9.17) is 5.73 Å². The van der Waals surface area contributed by atoms with Crippen LogP contribution in [0, 0.1) is 0 Å². The van der Waals surface area contributed by atoms with Crippen LogP contribution in [0.5, 0.6) is 0 Å². The van der Waals surface area contributed by atoms with E-state index in [2.05, 4.69) is 17.0 Å². The Hall–Kier alpha value is -0.870. The smallest absolute Gasteiger partial charge is 0.0536 e. The topological polar surface area (TPSA) is 47.1 Å². The molecule has 1 atom stereocenters. The molecule has 1 aromatic heterocycles. The highest BCUT2D eigenvalue weighted by Crippen LogP contribution is 1.89. The van der Waals surface area contributed by atoms with Crippen molar-refractivity contribution in [2.75, 3.05) is 20.1 Å². The van der Waals surface area contributed by atoms with E-state index in [9.17, 15) is 0 Å². The molecule has 13 heavy (non-hydrogen) atoms.